The van der Waals surface area contributed by atoms with E-state index in [0.717, 1.165) is 5.39 Å². The molecule has 98 valence electrons. The van der Waals surface area contributed by atoms with Crippen LogP contribution in [0.25, 0.3) is 10.8 Å². The van der Waals surface area contributed by atoms with Crippen molar-refractivity contribution in [3.63, 3.8) is 0 Å². The quantitative estimate of drug-likeness (QED) is 0.903. The predicted molar refractivity (Wildman–Crippen MR) is 70.2 cm³/mol. The average molecular weight is 274 g/mol. The monoisotopic (exact) mass is 273 g/mol. The topological polar surface area (TPSA) is 46.2 Å². The summed E-state index contributed by atoms with van der Waals surface area (Å²) in [7, 11) is 0. The van der Waals surface area contributed by atoms with Gasteiger partial charge in [-0.1, -0.05) is 42.5 Å². The summed E-state index contributed by atoms with van der Waals surface area (Å²) in [5.74, 6) is -3.32. The maximum Gasteiger partial charge on any atom is 0.289 e. The molecular formula is C13H14ClF2NO. The van der Waals surface area contributed by atoms with E-state index in [2.05, 4.69) is 0 Å². The molecule has 0 radical (unpaired) electrons. The summed E-state index contributed by atoms with van der Waals surface area (Å²) in [4.78, 5) is 0. The van der Waals surface area contributed by atoms with Gasteiger partial charge in [0.1, 0.15) is 6.61 Å². The zero-order valence-electron chi connectivity index (χ0n) is 9.51. The first kappa shape index (κ1) is 14.8. The number of aliphatic hydroxyl groups is 1. The smallest absolute Gasteiger partial charge is 0.289 e. The summed E-state index contributed by atoms with van der Waals surface area (Å²) in [5.41, 5.74) is 5.89. The van der Waals surface area contributed by atoms with Crippen LogP contribution in [0.1, 0.15) is 11.6 Å². The molecule has 0 spiro atoms. The fraction of sp³-hybridized carbons (Fsp3) is 0.231. The molecule has 18 heavy (non-hydrogen) atoms. The van der Waals surface area contributed by atoms with E-state index in [4.69, 9.17) is 10.8 Å². The first-order valence-corrected chi connectivity index (χ1v) is 5.28. The highest BCUT2D eigenvalue weighted by Gasteiger charge is 2.37. The van der Waals surface area contributed by atoms with Crippen molar-refractivity contribution in [3.05, 3.63) is 48.0 Å². The number of halogens is 3. The zero-order chi connectivity index (χ0) is 12.5. The van der Waals surface area contributed by atoms with Gasteiger partial charge in [-0.05, 0) is 16.3 Å². The lowest BCUT2D eigenvalue weighted by Gasteiger charge is -2.22. The molecule has 0 heterocycles. The summed E-state index contributed by atoms with van der Waals surface area (Å²) in [6, 6.07) is 10.8. The summed E-state index contributed by atoms with van der Waals surface area (Å²) in [6.07, 6.45) is 0. The Morgan fingerprint density at radius 3 is 2.39 bits per heavy atom. The molecule has 0 aliphatic rings. The Bertz CT molecular complexity index is 528. The number of alkyl halides is 2. The number of rotatable bonds is 3. The molecule has 0 fully saturated rings. The minimum atomic E-state index is -3.32. The van der Waals surface area contributed by atoms with Crippen LogP contribution < -0.4 is 5.73 Å². The van der Waals surface area contributed by atoms with Gasteiger partial charge in [0.05, 0.1) is 6.04 Å². The van der Waals surface area contributed by atoms with E-state index in [1.165, 1.54) is 0 Å². The number of hydrogen-bond acceptors (Lipinski definition) is 2. The fourth-order valence-corrected chi connectivity index (χ4v) is 1.85. The number of nitrogens with two attached hydrogens (primary N) is 1. The van der Waals surface area contributed by atoms with E-state index < -0.39 is 18.6 Å². The van der Waals surface area contributed by atoms with Crippen LogP contribution in [0.3, 0.4) is 0 Å². The van der Waals surface area contributed by atoms with Gasteiger partial charge in [-0.2, -0.15) is 0 Å². The van der Waals surface area contributed by atoms with Gasteiger partial charge in [-0.3, -0.25) is 0 Å². The largest absolute Gasteiger partial charge is 0.390 e. The zero-order valence-corrected chi connectivity index (χ0v) is 10.3. The molecule has 0 unspecified atom stereocenters. The second-order valence-electron chi connectivity index (χ2n) is 3.97. The number of aliphatic hydroxyl groups excluding tert-OH is 1. The highest BCUT2D eigenvalue weighted by atomic mass is 35.5. The standard InChI is InChI=1S/C13H13F2NO.ClH/c14-13(15,8-17)12(16)11-7-3-5-9-4-1-2-6-10(9)11;/h1-7,12,17H,8,16H2;1H/t12-;/m1./s1. The van der Waals surface area contributed by atoms with Gasteiger partial charge < -0.3 is 10.8 Å². The Hall–Kier alpha value is -1.23. The summed E-state index contributed by atoms with van der Waals surface area (Å²) in [5, 5.41) is 10.2. The highest BCUT2D eigenvalue weighted by Crippen LogP contribution is 2.32. The molecule has 2 aromatic carbocycles. The molecule has 2 nitrogen and oxygen atoms in total. The van der Waals surface area contributed by atoms with Crippen LogP contribution in [0.2, 0.25) is 0 Å². The van der Waals surface area contributed by atoms with Crippen LogP contribution in [0.15, 0.2) is 42.5 Å². The maximum atomic E-state index is 13.4. The van der Waals surface area contributed by atoms with Crippen molar-refractivity contribution in [2.75, 3.05) is 6.61 Å². The molecule has 0 aliphatic carbocycles. The molecule has 0 saturated carbocycles. The van der Waals surface area contributed by atoms with Gasteiger partial charge in [-0.15, -0.1) is 12.4 Å². The molecule has 5 heteroatoms. The number of fused-ring (bicyclic) bond motifs is 1. The molecule has 0 aromatic heterocycles. The lowest BCUT2D eigenvalue weighted by atomic mass is 9.95. The maximum absolute atomic E-state index is 13.4. The minimum Gasteiger partial charge on any atom is -0.390 e. The van der Waals surface area contributed by atoms with Gasteiger partial charge in [0, 0.05) is 0 Å². The molecule has 0 amide bonds. The van der Waals surface area contributed by atoms with Crippen molar-refractivity contribution in [1.82, 2.24) is 0 Å². The number of hydrogen-bond donors (Lipinski definition) is 2. The first-order chi connectivity index (χ1) is 8.06. The molecular weight excluding hydrogens is 260 g/mol. The van der Waals surface area contributed by atoms with Crippen LogP contribution in [-0.4, -0.2) is 17.6 Å². The second-order valence-corrected chi connectivity index (χ2v) is 3.97. The van der Waals surface area contributed by atoms with Gasteiger partial charge in [0.25, 0.3) is 5.92 Å². The van der Waals surface area contributed by atoms with E-state index in [1.807, 2.05) is 18.2 Å². The van der Waals surface area contributed by atoms with Crippen LogP contribution in [0, 0.1) is 0 Å². The van der Waals surface area contributed by atoms with Crippen molar-refractivity contribution in [2.24, 2.45) is 5.73 Å². The summed E-state index contributed by atoms with van der Waals surface area (Å²) in [6.45, 7) is -1.25. The van der Waals surface area contributed by atoms with Crippen molar-refractivity contribution in [2.45, 2.75) is 12.0 Å². The lowest BCUT2D eigenvalue weighted by Crippen LogP contribution is -2.36. The first-order valence-electron chi connectivity index (χ1n) is 5.28. The summed E-state index contributed by atoms with van der Waals surface area (Å²) < 4.78 is 26.8. The van der Waals surface area contributed by atoms with Gasteiger partial charge in [0.15, 0.2) is 0 Å². The Balaban J connectivity index is 0.00000162. The predicted octanol–water partition coefficient (Wildman–Crippen LogP) is 2.89. The third-order valence-electron chi connectivity index (χ3n) is 2.82. The average Bonchev–Trinajstić information content (AvgIpc) is 2.37. The minimum absolute atomic E-state index is 0. The SMILES string of the molecule is Cl.N[C@H](c1cccc2ccccc12)C(F)(F)CO. The lowest BCUT2D eigenvalue weighted by molar-refractivity contribution is -0.0708. The van der Waals surface area contributed by atoms with Crippen LogP contribution in [0.5, 0.6) is 0 Å². The fourth-order valence-electron chi connectivity index (χ4n) is 1.85. The van der Waals surface area contributed by atoms with E-state index in [-0.39, 0.29) is 12.4 Å². The third-order valence-corrected chi connectivity index (χ3v) is 2.82. The van der Waals surface area contributed by atoms with E-state index in [9.17, 15) is 8.78 Å². The van der Waals surface area contributed by atoms with Crippen molar-refractivity contribution in [1.29, 1.82) is 0 Å². The Labute approximate surface area is 110 Å². The van der Waals surface area contributed by atoms with Crippen LogP contribution in [0.4, 0.5) is 8.78 Å². The third kappa shape index (κ3) is 2.61. The normalized spacial score (nSPS) is 13.1. The van der Waals surface area contributed by atoms with E-state index >= 15 is 0 Å². The molecule has 1 atom stereocenters. The molecule has 0 saturated heterocycles. The molecule has 0 bridgehead atoms. The second kappa shape index (κ2) is 5.61. The molecule has 0 aliphatic heterocycles. The van der Waals surface area contributed by atoms with Gasteiger partial charge in [0.2, 0.25) is 0 Å². The van der Waals surface area contributed by atoms with E-state index in [0.29, 0.717) is 10.9 Å². The van der Waals surface area contributed by atoms with E-state index in [1.54, 1.807) is 24.3 Å². The number of benzene rings is 2. The highest BCUT2D eigenvalue weighted by molar-refractivity contribution is 5.86. The molecule has 3 N–H and O–H groups in total. The van der Waals surface area contributed by atoms with Crippen molar-refractivity contribution in [3.8, 4) is 0 Å². The molecule has 2 rings (SSSR count). The van der Waals surface area contributed by atoms with Crippen molar-refractivity contribution >= 4 is 23.2 Å². The summed E-state index contributed by atoms with van der Waals surface area (Å²) >= 11 is 0. The Morgan fingerprint density at radius 1 is 1.11 bits per heavy atom. The van der Waals surface area contributed by atoms with Crippen LogP contribution >= 0.6 is 12.4 Å². The van der Waals surface area contributed by atoms with Crippen molar-refractivity contribution < 1.29 is 13.9 Å². The Kier molecular flexibility index (Phi) is 4.62. The van der Waals surface area contributed by atoms with Gasteiger partial charge >= 0.3 is 0 Å². The Morgan fingerprint density at radius 2 is 1.72 bits per heavy atom. The van der Waals surface area contributed by atoms with Crippen LogP contribution in [-0.2, 0) is 0 Å². The molecule has 2 aromatic rings. The van der Waals surface area contributed by atoms with Gasteiger partial charge in [-0.25, -0.2) is 8.78 Å².